The van der Waals surface area contributed by atoms with Crippen LogP contribution in [0.25, 0.3) is 0 Å². The normalized spacial score (nSPS) is 17.0. The van der Waals surface area contributed by atoms with Gasteiger partial charge in [-0.05, 0) is 56.6 Å². The molecule has 1 fully saturated rings. The number of benzene rings is 1. The molecule has 1 heterocycles. The second-order valence-electron chi connectivity index (χ2n) is 5.66. The Morgan fingerprint density at radius 2 is 2.15 bits per heavy atom. The van der Waals surface area contributed by atoms with Gasteiger partial charge in [0.05, 0.1) is 11.6 Å². The summed E-state index contributed by atoms with van der Waals surface area (Å²) in [4.78, 5) is 2.58. The maximum absolute atomic E-state index is 8.90. The van der Waals surface area contributed by atoms with E-state index in [1.807, 2.05) is 18.2 Å². The monoisotopic (exact) mass is 271 g/mol. The fraction of sp³-hybridized carbons (Fsp3) is 0.588. The Bertz CT molecular complexity index is 442. The van der Waals surface area contributed by atoms with Crippen LogP contribution in [0.4, 0.5) is 0 Å². The third-order valence-corrected chi connectivity index (χ3v) is 4.07. The van der Waals surface area contributed by atoms with Crippen LogP contribution >= 0.6 is 0 Å². The summed E-state index contributed by atoms with van der Waals surface area (Å²) in [6, 6.07) is 10.7. The van der Waals surface area contributed by atoms with Gasteiger partial charge in [0, 0.05) is 12.6 Å². The van der Waals surface area contributed by atoms with Crippen LogP contribution in [-0.4, -0.2) is 30.6 Å². The summed E-state index contributed by atoms with van der Waals surface area (Å²) < 4.78 is 0. The second kappa shape index (κ2) is 8.04. The summed E-state index contributed by atoms with van der Waals surface area (Å²) in [7, 11) is 0. The van der Waals surface area contributed by atoms with Crippen LogP contribution in [0.1, 0.15) is 43.7 Å². The number of nitriles is 1. The third-order valence-electron chi connectivity index (χ3n) is 4.07. The van der Waals surface area contributed by atoms with E-state index in [1.165, 1.54) is 50.9 Å². The molecular formula is C17H25N3. The van der Waals surface area contributed by atoms with Crippen LogP contribution in [0, 0.1) is 11.3 Å². The van der Waals surface area contributed by atoms with Gasteiger partial charge in [-0.25, -0.2) is 0 Å². The highest BCUT2D eigenvalue weighted by Crippen LogP contribution is 2.12. The topological polar surface area (TPSA) is 39.1 Å². The number of unbranched alkanes of at least 4 members (excludes halogenated alkanes) is 1. The Kier molecular flexibility index (Phi) is 6.04. The molecule has 108 valence electrons. The van der Waals surface area contributed by atoms with Gasteiger partial charge in [-0.3, -0.25) is 0 Å². The number of hydrogen-bond acceptors (Lipinski definition) is 3. The van der Waals surface area contributed by atoms with Crippen LogP contribution in [0.3, 0.4) is 0 Å². The molecule has 0 atom stereocenters. The molecule has 1 aliphatic rings. The van der Waals surface area contributed by atoms with E-state index in [1.54, 1.807) is 0 Å². The average molecular weight is 271 g/mol. The lowest BCUT2D eigenvalue weighted by Crippen LogP contribution is -2.42. The predicted octanol–water partition coefficient (Wildman–Crippen LogP) is 2.91. The maximum atomic E-state index is 8.90. The molecule has 3 heteroatoms. The minimum absolute atomic E-state index is 0.624. The van der Waals surface area contributed by atoms with Crippen molar-refractivity contribution in [1.29, 1.82) is 5.26 Å². The standard InChI is InChI=1S/C17H25N3/c1-2-3-9-20-10-7-17(8-11-20)19-14-16-6-4-5-15(12-16)13-18/h4-6,12,17,19H,2-3,7-11,14H2,1H3. The summed E-state index contributed by atoms with van der Waals surface area (Å²) >= 11 is 0. The summed E-state index contributed by atoms with van der Waals surface area (Å²) in [6.45, 7) is 6.82. The molecule has 1 saturated heterocycles. The lowest BCUT2D eigenvalue weighted by Gasteiger charge is -2.32. The zero-order valence-electron chi connectivity index (χ0n) is 12.4. The molecule has 1 N–H and O–H groups in total. The second-order valence-corrected chi connectivity index (χ2v) is 5.66. The van der Waals surface area contributed by atoms with E-state index < -0.39 is 0 Å². The Labute approximate surface area is 122 Å². The Morgan fingerprint density at radius 3 is 2.85 bits per heavy atom. The van der Waals surface area contributed by atoms with Crippen LogP contribution in [0.2, 0.25) is 0 Å². The minimum Gasteiger partial charge on any atom is -0.310 e. The molecule has 3 nitrogen and oxygen atoms in total. The van der Waals surface area contributed by atoms with E-state index >= 15 is 0 Å². The van der Waals surface area contributed by atoms with Crippen molar-refractivity contribution in [2.24, 2.45) is 0 Å². The van der Waals surface area contributed by atoms with Crippen LogP contribution < -0.4 is 5.32 Å². The largest absolute Gasteiger partial charge is 0.310 e. The zero-order chi connectivity index (χ0) is 14.2. The lowest BCUT2D eigenvalue weighted by atomic mass is 10.0. The van der Waals surface area contributed by atoms with Gasteiger partial charge in [0.25, 0.3) is 0 Å². The molecule has 0 spiro atoms. The van der Waals surface area contributed by atoms with Gasteiger partial charge in [0.15, 0.2) is 0 Å². The molecule has 0 unspecified atom stereocenters. The summed E-state index contributed by atoms with van der Waals surface area (Å²) in [5.74, 6) is 0. The Balaban J connectivity index is 1.72. The maximum Gasteiger partial charge on any atom is 0.0991 e. The molecule has 1 aromatic rings. The summed E-state index contributed by atoms with van der Waals surface area (Å²) in [6.07, 6.45) is 5.08. The summed E-state index contributed by atoms with van der Waals surface area (Å²) in [5.41, 5.74) is 1.95. The van der Waals surface area contributed by atoms with Crippen molar-refractivity contribution in [1.82, 2.24) is 10.2 Å². The number of nitrogens with one attached hydrogen (secondary N) is 1. The van der Waals surface area contributed by atoms with E-state index in [-0.39, 0.29) is 0 Å². The number of nitrogens with zero attached hydrogens (tertiary/aromatic N) is 2. The quantitative estimate of drug-likeness (QED) is 0.864. The van der Waals surface area contributed by atoms with Crippen molar-refractivity contribution >= 4 is 0 Å². The van der Waals surface area contributed by atoms with E-state index in [4.69, 9.17) is 5.26 Å². The molecule has 0 amide bonds. The Morgan fingerprint density at radius 1 is 1.35 bits per heavy atom. The number of likely N-dealkylation sites (tertiary alicyclic amines) is 1. The van der Waals surface area contributed by atoms with Crippen molar-refractivity contribution in [3.8, 4) is 6.07 Å². The van der Waals surface area contributed by atoms with Gasteiger partial charge < -0.3 is 10.2 Å². The van der Waals surface area contributed by atoms with E-state index in [9.17, 15) is 0 Å². The van der Waals surface area contributed by atoms with Crippen LogP contribution in [0.15, 0.2) is 24.3 Å². The molecule has 2 rings (SSSR count). The highest BCUT2D eigenvalue weighted by atomic mass is 15.1. The summed E-state index contributed by atoms with van der Waals surface area (Å²) in [5, 5.41) is 12.5. The van der Waals surface area contributed by atoms with E-state index in [0.717, 1.165) is 12.1 Å². The first-order valence-electron chi connectivity index (χ1n) is 7.76. The SMILES string of the molecule is CCCCN1CCC(NCc2cccc(C#N)c2)CC1. The number of piperidine rings is 1. The fourth-order valence-electron chi connectivity index (χ4n) is 2.76. The minimum atomic E-state index is 0.624. The predicted molar refractivity (Wildman–Crippen MR) is 82.4 cm³/mol. The van der Waals surface area contributed by atoms with E-state index in [0.29, 0.717) is 6.04 Å². The van der Waals surface area contributed by atoms with Crippen LogP contribution in [0.5, 0.6) is 0 Å². The molecule has 0 radical (unpaired) electrons. The van der Waals surface area contributed by atoms with Crippen molar-refractivity contribution in [2.75, 3.05) is 19.6 Å². The van der Waals surface area contributed by atoms with Gasteiger partial charge in [-0.2, -0.15) is 5.26 Å². The highest BCUT2D eigenvalue weighted by Gasteiger charge is 2.17. The molecule has 20 heavy (non-hydrogen) atoms. The molecule has 0 aromatic heterocycles. The van der Waals surface area contributed by atoms with Gasteiger partial charge in [0.2, 0.25) is 0 Å². The van der Waals surface area contributed by atoms with Crippen molar-refractivity contribution in [3.63, 3.8) is 0 Å². The molecular weight excluding hydrogens is 246 g/mol. The van der Waals surface area contributed by atoms with Gasteiger partial charge in [0.1, 0.15) is 0 Å². The van der Waals surface area contributed by atoms with Crippen molar-refractivity contribution in [2.45, 2.75) is 45.2 Å². The van der Waals surface area contributed by atoms with Crippen LogP contribution in [-0.2, 0) is 6.54 Å². The molecule has 0 aliphatic carbocycles. The molecule has 1 aromatic carbocycles. The lowest BCUT2D eigenvalue weighted by molar-refractivity contribution is 0.195. The Hall–Kier alpha value is -1.37. The highest BCUT2D eigenvalue weighted by molar-refractivity contribution is 5.32. The van der Waals surface area contributed by atoms with Gasteiger partial charge in [-0.1, -0.05) is 25.5 Å². The third kappa shape index (κ3) is 4.63. The smallest absolute Gasteiger partial charge is 0.0991 e. The molecule has 1 aliphatic heterocycles. The first-order chi connectivity index (χ1) is 9.81. The average Bonchev–Trinajstić information content (AvgIpc) is 2.52. The zero-order valence-corrected chi connectivity index (χ0v) is 12.4. The molecule has 0 bridgehead atoms. The number of rotatable bonds is 6. The van der Waals surface area contributed by atoms with Crippen molar-refractivity contribution < 1.29 is 0 Å². The van der Waals surface area contributed by atoms with Gasteiger partial charge in [-0.15, -0.1) is 0 Å². The van der Waals surface area contributed by atoms with Crippen molar-refractivity contribution in [3.05, 3.63) is 35.4 Å². The number of hydrogen-bond donors (Lipinski definition) is 1. The van der Waals surface area contributed by atoms with Gasteiger partial charge >= 0.3 is 0 Å². The first kappa shape index (κ1) is 15.0. The van der Waals surface area contributed by atoms with E-state index in [2.05, 4.69) is 29.3 Å². The first-order valence-corrected chi connectivity index (χ1v) is 7.76. The fourth-order valence-corrected chi connectivity index (χ4v) is 2.76. The molecule has 0 saturated carbocycles.